The molecule has 11 heteroatoms. The van der Waals surface area contributed by atoms with Gasteiger partial charge in [0.25, 0.3) is 0 Å². The second-order valence-electron chi connectivity index (χ2n) is 6.25. The first kappa shape index (κ1) is 20.7. The smallest absolute Gasteiger partial charge is 0.248 e. The molecule has 2 rings (SSSR count). The highest BCUT2D eigenvalue weighted by atomic mass is 32.8. The van der Waals surface area contributed by atoms with Gasteiger partial charge in [-0.2, -0.15) is 0 Å². The van der Waals surface area contributed by atoms with Crippen LogP contribution in [0.15, 0.2) is 24.3 Å². The van der Waals surface area contributed by atoms with Gasteiger partial charge in [-0.1, -0.05) is 4.47 Å². The summed E-state index contributed by atoms with van der Waals surface area (Å²) >= 11 is 4.30. The Morgan fingerprint density at radius 2 is 1.88 bits per heavy atom. The molecule has 0 saturated carbocycles. The van der Waals surface area contributed by atoms with Gasteiger partial charge < -0.3 is 14.7 Å². The van der Waals surface area contributed by atoms with Crippen molar-refractivity contribution in [3.05, 3.63) is 24.3 Å². The first-order valence-corrected chi connectivity index (χ1v) is 10.2. The fourth-order valence-electron chi connectivity index (χ4n) is 2.66. The van der Waals surface area contributed by atoms with E-state index in [0.717, 1.165) is 0 Å². The molecule has 1 aliphatic rings. The number of amides is 2. The Labute approximate surface area is 157 Å². The van der Waals surface area contributed by atoms with Gasteiger partial charge in [0.1, 0.15) is 6.04 Å². The van der Waals surface area contributed by atoms with Crippen molar-refractivity contribution >= 4 is 43.3 Å². The fourth-order valence-corrected chi connectivity index (χ4v) is 3.49. The maximum atomic E-state index is 12.4. The molecule has 1 saturated heterocycles. The van der Waals surface area contributed by atoms with Gasteiger partial charge in [-0.05, 0) is 44.8 Å². The normalized spacial score (nSPS) is 19.9. The first-order valence-electron chi connectivity index (χ1n) is 7.81. The Kier molecular flexibility index (Phi) is 6.32. The minimum absolute atomic E-state index is 0.0483. The van der Waals surface area contributed by atoms with E-state index in [1.54, 1.807) is 36.2 Å². The summed E-state index contributed by atoms with van der Waals surface area (Å²) < 4.78 is 20.6. The lowest BCUT2D eigenvalue weighted by molar-refractivity contribution is -0.128. The Bertz CT molecular complexity index is 782. The Morgan fingerprint density at radius 3 is 2.38 bits per heavy atom. The lowest BCUT2D eigenvalue weighted by Gasteiger charge is -2.22. The number of carbonyl (C=O) groups excluding carboxylic acids is 2. The van der Waals surface area contributed by atoms with Gasteiger partial charge >= 0.3 is 0 Å². The zero-order valence-corrected chi connectivity index (χ0v) is 16.4. The Morgan fingerprint density at radius 1 is 1.31 bits per heavy atom. The van der Waals surface area contributed by atoms with Gasteiger partial charge in [0.15, 0.2) is 0 Å². The van der Waals surface area contributed by atoms with Gasteiger partial charge in [-0.25, -0.2) is 4.21 Å². The molecule has 1 aliphatic heterocycles. The molecule has 0 radical (unpaired) electrons. The number of hydrogen-bond donors (Lipinski definition) is 2. The van der Waals surface area contributed by atoms with Crippen molar-refractivity contribution in [1.29, 1.82) is 0 Å². The highest BCUT2D eigenvalue weighted by Crippen LogP contribution is 2.27. The van der Waals surface area contributed by atoms with Crippen LogP contribution in [-0.2, 0) is 29.7 Å². The van der Waals surface area contributed by atoms with E-state index in [0.29, 0.717) is 11.4 Å². The zero-order chi connectivity index (χ0) is 19.6. The third-order valence-corrected chi connectivity index (χ3v) is 5.24. The van der Waals surface area contributed by atoms with Crippen LogP contribution >= 0.6 is 0 Å². The van der Waals surface area contributed by atoms with Crippen LogP contribution in [0.25, 0.3) is 0 Å². The van der Waals surface area contributed by atoms with Crippen LogP contribution in [0.3, 0.4) is 0 Å². The highest BCUT2D eigenvalue weighted by molar-refractivity contribution is 8.28. The molecule has 0 spiro atoms. The second-order valence-corrected chi connectivity index (χ2v) is 8.82. The monoisotopic (exact) mass is 402 g/mol. The van der Waals surface area contributed by atoms with Crippen LogP contribution in [0.1, 0.15) is 6.42 Å². The van der Waals surface area contributed by atoms with E-state index in [1.165, 1.54) is 9.80 Å². The fraction of sp³-hybridized carbons (Fsp3) is 0.467. The van der Waals surface area contributed by atoms with Gasteiger partial charge in [0.2, 0.25) is 20.8 Å². The van der Waals surface area contributed by atoms with Crippen molar-refractivity contribution in [1.82, 2.24) is 9.37 Å². The van der Waals surface area contributed by atoms with E-state index in [-0.39, 0.29) is 29.9 Å². The number of carbonyl (C=O) groups is 2. The number of nitrogens with zero attached hydrogens (tertiary/aromatic N) is 4. The van der Waals surface area contributed by atoms with Crippen LogP contribution in [0.5, 0.6) is 0 Å². The summed E-state index contributed by atoms with van der Waals surface area (Å²) in [5.74, 6) is -0.581. The molecule has 0 bridgehead atoms. The van der Waals surface area contributed by atoms with Crippen molar-refractivity contribution in [2.45, 2.75) is 12.5 Å². The number of benzene rings is 1. The SMILES string of the molecule is CN(C)CC(=O)N(C)c1ccc(N2CCC(N(O)S(=O)(O)=S)C2=O)cc1. The van der Waals surface area contributed by atoms with Crippen molar-refractivity contribution in [3.8, 4) is 0 Å². The van der Waals surface area contributed by atoms with Crippen molar-refractivity contribution < 1.29 is 23.6 Å². The maximum Gasteiger partial charge on any atom is 0.248 e. The third kappa shape index (κ3) is 4.55. The van der Waals surface area contributed by atoms with Crippen LogP contribution in [0, 0.1) is 0 Å². The van der Waals surface area contributed by atoms with Crippen molar-refractivity contribution in [2.24, 2.45) is 0 Å². The molecule has 1 fully saturated rings. The van der Waals surface area contributed by atoms with E-state index in [1.807, 2.05) is 14.1 Å². The van der Waals surface area contributed by atoms with Crippen molar-refractivity contribution in [3.63, 3.8) is 0 Å². The molecule has 0 aliphatic carbocycles. The van der Waals surface area contributed by atoms with Crippen LogP contribution in [0.4, 0.5) is 11.4 Å². The molecule has 144 valence electrons. The molecule has 9 nitrogen and oxygen atoms in total. The number of rotatable bonds is 6. The Balaban J connectivity index is 2.12. The van der Waals surface area contributed by atoms with Gasteiger partial charge in [-0.15, -0.1) is 0 Å². The molecule has 1 aromatic carbocycles. The summed E-state index contributed by atoms with van der Waals surface area (Å²) in [5, 5.41) is 9.68. The lowest BCUT2D eigenvalue weighted by atomic mass is 10.2. The van der Waals surface area contributed by atoms with E-state index in [9.17, 15) is 23.6 Å². The van der Waals surface area contributed by atoms with E-state index in [2.05, 4.69) is 11.2 Å². The summed E-state index contributed by atoms with van der Waals surface area (Å²) in [6, 6.07) is 5.63. The maximum absolute atomic E-state index is 12.4. The van der Waals surface area contributed by atoms with E-state index >= 15 is 0 Å². The van der Waals surface area contributed by atoms with E-state index < -0.39 is 20.9 Å². The number of hydroxylamine groups is 1. The minimum Gasteiger partial charge on any atom is -0.314 e. The minimum atomic E-state index is -4.04. The van der Waals surface area contributed by atoms with Gasteiger partial charge in [0.05, 0.1) is 6.54 Å². The zero-order valence-electron chi connectivity index (χ0n) is 14.7. The van der Waals surface area contributed by atoms with Crippen LogP contribution in [0.2, 0.25) is 0 Å². The molecule has 26 heavy (non-hydrogen) atoms. The Hall–Kier alpha value is -1.63. The number of hydrogen-bond acceptors (Lipinski definition) is 6. The topological polar surface area (TPSA) is 105 Å². The number of likely N-dealkylation sites (N-methyl/N-ethyl adjacent to an activating group) is 2. The van der Waals surface area contributed by atoms with Crippen LogP contribution in [-0.4, -0.2) is 75.4 Å². The van der Waals surface area contributed by atoms with Gasteiger partial charge in [0, 0.05) is 36.2 Å². The first-order chi connectivity index (χ1) is 12.0. The van der Waals surface area contributed by atoms with E-state index in [4.69, 9.17) is 0 Å². The predicted octanol–water partition coefficient (Wildman–Crippen LogP) is 0.142. The molecule has 0 aromatic heterocycles. The molecule has 1 aromatic rings. The molecule has 1 heterocycles. The quantitative estimate of drug-likeness (QED) is 0.652. The predicted molar refractivity (Wildman–Crippen MR) is 101 cm³/mol. The standard InChI is InChI=1S/C15H22N4O5S2/c1-16(2)10-14(20)17(3)11-4-6-12(7-5-11)18-9-8-13(15(18)21)19(22)26(23,24)25/h4-7,13,22H,8-10H2,1-3H3,(H,23,24,25). The summed E-state index contributed by atoms with van der Waals surface area (Å²) in [7, 11) is 1.25. The molecule has 2 N–H and O–H groups in total. The summed E-state index contributed by atoms with van der Waals surface area (Å²) in [6.45, 7) is 0.554. The summed E-state index contributed by atoms with van der Waals surface area (Å²) in [6.07, 6.45) is 0.173. The third-order valence-electron chi connectivity index (χ3n) is 4.05. The van der Waals surface area contributed by atoms with Crippen molar-refractivity contribution in [2.75, 3.05) is 44.0 Å². The molecular weight excluding hydrogens is 380 g/mol. The number of anilines is 2. The summed E-state index contributed by atoms with van der Waals surface area (Å²) in [5.41, 5.74) is 1.24. The average Bonchev–Trinajstić information content (AvgIpc) is 2.93. The molecular formula is C15H22N4O5S2. The molecule has 2 atom stereocenters. The average molecular weight is 402 g/mol. The lowest BCUT2D eigenvalue weighted by Crippen LogP contribution is -2.42. The van der Waals surface area contributed by atoms with Gasteiger partial charge in [-0.3, -0.25) is 19.3 Å². The highest BCUT2D eigenvalue weighted by Gasteiger charge is 2.39. The molecule has 2 unspecified atom stereocenters. The largest absolute Gasteiger partial charge is 0.314 e. The van der Waals surface area contributed by atoms with Crippen LogP contribution < -0.4 is 9.80 Å². The summed E-state index contributed by atoms with van der Waals surface area (Å²) in [4.78, 5) is 29.2. The molecule has 2 amide bonds. The second kappa shape index (κ2) is 7.94.